The van der Waals surface area contributed by atoms with Gasteiger partial charge in [0.25, 0.3) is 0 Å². The molecule has 2 rings (SSSR count). The van der Waals surface area contributed by atoms with Gasteiger partial charge in [-0.25, -0.2) is 0 Å². The second-order valence-corrected chi connectivity index (χ2v) is 5.16. The molecule has 2 aromatic rings. The van der Waals surface area contributed by atoms with Crippen LogP contribution in [0.5, 0.6) is 0 Å². The summed E-state index contributed by atoms with van der Waals surface area (Å²) in [6, 6.07) is 6.37. The van der Waals surface area contributed by atoms with Gasteiger partial charge in [-0.3, -0.25) is 4.40 Å². The van der Waals surface area contributed by atoms with Gasteiger partial charge in [0, 0.05) is 17.5 Å². The standard InChI is InChI=1S/C11H16N4S/c1-8(12-3)9(2)16-11-14-13-10-6-4-5-7-15(10)11/h4-9,12H,1-3H3. The van der Waals surface area contributed by atoms with Gasteiger partial charge in [-0.1, -0.05) is 24.8 Å². The van der Waals surface area contributed by atoms with Gasteiger partial charge in [-0.2, -0.15) is 0 Å². The molecule has 2 unspecified atom stereocenters. The number of nitrogens with zero attached hydrogens (tertiary/aromatic N) is 3. The van der Waals surface area contributed by atoms with Gasteiger partial charge in [0.1, 0.15) is 0 Å². The Morgan fingerprint density at radius 2 is 2.12 bits per heavy atom. The second kappa shape index (κ2) is 4.84. The van der Waals surface area contributed by atoms with Crippen molar-refractivity contribution in [2.45, 2.75) is 30.3 Å². The van der Waals surface area contributed by atoms with Crippen LogP contribution in [0.2, 0.25) is 0 Å². The van der Waals surface area contributed by atoms with Crippen LogP contribution in [-0.4, -0.2) is 32.9 Å². The summed E-state index contributed by atoms with van der Waals surface area (Å²) < 4.78 is 2.02. The van der Waals surface area contributed by atoms with Crippen LogP contribution in [0.4, 0.5) is 0 Å². The van der Waals surface area contributed by atoms with Crippen molar-refractivity contribution in [1.29, 1.82) is 0 Å². The molecular weight excluding hydrogens is 220 g/mol. The van der Waals surface area contributed by atoms with E-state index in [1.165, 1.54) is 0 Å². The van der Waals surface area contributed by atoms with Gasteiger partial charge < -0.3 is 5.32 Å². The van der Waals surface area contributed by atoms with Crippen LogP contribution in [-0.2, 0) is 0 Å². The molecule has 5 heteroatoms. The zero-order chi connectivity index (χ0) is 11.5. The van der Waals surface area contributed by atoms with E-state index in [1.54, 1.807) is 11.8 Å². The highest BCUT2D eigenvalue weighted by Crippen LogP contribution is 2.23. The monoisotopic (exact) mass is 236 g/mol. The lowest BCUT2D eigenvalue weighted by molar-refractivity contribution is 0.604. The lowest BCUT2D eigenvalue weighted by Crippen LogP contribution is -2.30. The molecule has 2 atom stereocenters. The van der Waals surface area contributed by atoms with E-state index in [4.69, 9.17) is 0 Å². The Kier molecular flexibility index (Phi) is 3.46. The fourth-order valence-corrected chi connectivity index (χ4v) is 2.43. The summed E-state index contributed by atoms with van der Waals surface area (Å²) in [6.07, 6.45) is 1.99. The molecule has 2 heterocycles. The molecule has 4 nitrogen and oxygen atoms in total. The van der Waals surface area contributed by atoms with Crippen LogP contribution in [0.3, 0.4) is 0 Å². The third kappa shape index (κ3) is 2.20. The molecule has 2 aromatic heterocycles. The molecule has 0 amide bonds. The van der Waals surface area contributed by atoms with E-state index >= 15 is 0 Å². The fourth-order valence-electron chi connectivity index (χ4n) is 1.40. The first kappa shape index (κ1) is 11.4. The minimum Gasteiger partial charge on any atom is -0.316 e. The lowest BCUT2D eigenvalue weighted by Gasteiger charge is -2.17. The first-order valence-electron chi connectivity index (χ1n) is 5.36. The maximum atomic E-state index is 4.20. The summed E-state index contributed by atoms with van der Waals surface area (Å²) in [5.41, 5.74) is 0.898. The van der Waals surface area contributed by atoms with Gasteiger partial charge >= 0.3 is 0 Å². The lowest BCUT2D eigenvalue weighted by atomic mass is 10.3. The molecule has 0 aliphatic heterocycles. The number of aromatic nitrogens is 3. The number of fused-ring (bicyclic) bond motifs is 1. The number of nitrogens with one attached hydrogen (secondary N) is 1. The van der Waals surface area contributed by atoms with Crippen LogP contribution in [0.1, 0.15) is 13.8 Å². The van der Waals surface area contributed by atoms with E-state index in [2.05, 4.69) is 29.4 Å². The largest absolute Gasteiger partial charge is 0.316 e. The fraction of sp³-hybridized carbons (Fsp3) is 0.455. The number of hydrogen-bond acceptors (Lipinski definition) is 4. The Bertz CT molecular complexity index is 468. The molecule has 1 N–H and O–H groups in total. The van der Waals surface area contributed by atoms with E-state index in [9.17, 15) is 0 Å². The molecule has 0 saturated heterocycles. The van der Waals surface area contributed by atoms with E-state index < -0.39 is 0 Å². The van der Waals surface area contributed by atoms with Crippen molar-refractivity contribution in [2.75, 3.05) is 7.05 Å². The maximum Gasteiger partial charge on any atom is 0.195 e. The summed E-state index contributed by atoms with van der Waals surface area (Å²) in [6.45, 7) is 4.36. The molecule has 0 aromatic carbocycles. The van der Waals surface area contributed by atoms with Crippen molar-refractivity contribution in [1.82, 2.24) is 19.9 Å². The van der Waals surface area contributed by atoms with Gasteiger partial charge in [0.05, 0.1) is 0 Å². The molecule has 0 radical (unpaired) electrons. The zero-order valence-electron chi connectivity index (χ0n) is 9.71. The highest BCUT2D eigenvalue weighted by Gasteiger charge is 2.15. The second-order valence-electron chi connectivity index (χ2n) is 3.81. The number of rotatable bonds is 4. The molecular formula is C11H16N4S. The number of pyridine rings is 1. The minimum absolute atomic E-state index is 0.445. The predicted octanol–water partition coefficient (Wildman–Crippen LogP) is 1.82. The Morgan fingerprint density at radius 1 is 1.31 bits per heavy atom. The van der Waals surface area contributed by atoms with Crippen molar-refractivity contribution in [3.05, 3.63) is 24.4 Å². The first-order valence-corrected chi connectivity index (χ1v) is 6.24. The average Bonchev–Trinajstić information content (AvgIpc) is 2.72. The van der Waals surface area contributed by atoms with E-state index in [0.29, 0.717) is 11.3 Å². The number of hydrogen-bond donors (Lipinski definition) is 1. The third-order valence-corrected chi connectivity index (χ3v) is 4.00. The van der Waals surface area contributed by atoms with Gasteiger partial charge in [-0.05, 0) is 26.1 Å². The highest BCUT2D eigenvalue weighted by atomic mass is 32.2. The van der Waals surface area contributed by atoms with Crippen molar-refractivity contribution < 1.29 is 0 Å². The number of thioether (sulfide) groups is 1. The first-order chi connectivity index (χ1) is 7.72. The van der Waals surface area contributed by atoms with Crippen LogP contribution < -0.4 is 5.32 Å². The Balaban J connectivity index is 2.21. The Labute approximate surface area is 99.5 Å². The molecule has 0 saturated carbocycles. The Morgan fingerprint density at radius 3 is 2.88 bits per heavy atom. The molecule has 0 aliphatic carbocycles. The molecule has 86 valence electrons. The van der Waals surface area contributed by atoms with E-state index in [0.717, 1.165) is 10.8 Å². The van der Waals surface area contributed by atoms with Crippen LogP contribution >= 0.6 is 11.8 Å². The molecule has 0 bridgehead atoms. The van der Waals surface area contributed by atoms with Gasteiger partial charge in [0.15, 0.2) is 10.8 Å². The molecule has 0 aliphatic rings. The zero-order valence-corrected chi connectivity index (χ0v) is 10.5. The van der Waals surface area contributed by atoms with Crippen molar-refractivity contribution in [3.63, 3.8) is 0 Å². The Hall–Kier alpha value is -1.07. The van der Waals surface area contributed by atoms with Crippen molar-refractivity contribution in [3.8, 4) is 0 Å². The predicted molar refractivity (Wildman–Crippen MR) is 66.8 cm³/mol. The normalized spacial score (nSPS) is 15.2. The summed E-state index contributed by atoms with van der Waals surface area (Å²) in [5, 5.41) is 13.0. The van der Waals surface area contributed by atoms with Crippen molar-refractivity contribution >= 4 is 17.4 Å². The summed E-state index contributed by atoms with van der Waals surface area (Å²) in [4.78, 5) is 0. The van der Waals surface area contributed by atoms with E-state index in [-0.39, 0.29) is 0 Å². The molecule has 0 spiro atoms. The average molecular weight is 236 g/mol. The minimum atomic E-state index is 0.445. The van der Waals surface area contributed by atoms with Gasteiger partial charge in [0.2, 0.25) is 0 Å². The smallest absolute Gasteiger partial charge is 0.195 e. The van der Waals surface area contributed by atoms with Gasteiger partial charge in [-0.15, -0.1) is 10.2 Å². The summed E-state index contributed by atoms with van der Waals surface area (Å²) in [5.74, 6) is 0. The van der Waals surface area contributed by atoms with Crippen LogP contribution in [0, 0.1) is 0 Å². The third-order valence-electron chi connectivity index (χ3n) is 2.73. The SMILES string of the molecule is CNC(C)C(C)Sc1nnc2ccccn12. The topological polar surface area (TPSA) is 42.2 Å². The van der Waals surface area contributed by atoms with Crippen LogP contribution in [0.15, 0.2) is 29.6 Å². The highest BCUT2D eigenvalue weighted by molar-refractivity contribution is 7.99. The van der Waals surface area contributed by atoms with Crippen molar-refractivity contribution in [2.24, 2.45) is 0 Å². The molecule has 16 heavy (non-hydrogen) atoms. The summed E-state index contributed by atoms with van der Waals surface area (Å²) in [7, 11) is 1.98. The summed E-state index contributed by atoms with van der Waals surface area (Å²) >= 11 is 1.74. The quantitative estimate of drug-likeness (QED) is 0.822. The van der Waals surface area contributed by atoms with E-state index in [1.807, 2.05) is 35.8 Å². The van der Waals surface area contributed by atoms with Crippen LogP contribution in [0.25, 0.3) is 5.65 Å². The maximum absolute atomic E-state index is 4.20. The molecule has 0 fully saturated rings.